The molecule has 196 valence electrons. The Morgan fingerprint density at radius 3 is 2.70 bits per heavy atom. The van der Waals surface area contributed by atoms with Crippen LogP contribution in [0.4, 0.5) is 11.8 Å². The number of ether oxygens (including phenoxy) is 1. The Hall–Kier alpha value is -3.62. The number of nitrogens with one attached hydrogen (secondary N) is 1. The smallest absolute Gasteiger partial charge is 0.222 e. The Morgan fingerprint density at radius 2 is 1.97 bits per heavy atom. The van der Waals surface area contributed by atoms with Crippen LogP contribution in [0.5, 0.6) is 5.75 Å². The van der Waals surface area contributed by atoms with E-state index in [0.29, 0.717) is 6.54 Å². The summed E-state index contributed by atoms with van der Waals surface area (Å²) in [5.74, 6) is 1.92. The van der Waals surface area contributed by atoms with Gasteiger partial charge in [0.15, 0.2) is 5.82 Å². The maximum Gasteiger partial charge on any atom is 0.222 e. The summed E-state index contributed by atoms with van der Waals surface area (Å²) in [7, 11) is 2.73. The summed E-state index contributed by atoms with van der Waals surface area (Å²) in [5.41, 5.74) is 18.9. The molecule has 4 aromatic rings. The average molecular weight is 503 g/mol. The van der Waals surface area contributed by atoms with Crippen molar-refractivity contribution in [2.75, 3.05) is 31.8 Å². The minimum atomic E-state index is 0.264. The van der Waals surface area contributed by atoms with Crippen LogP contribution in [0.25, 0.3) is 27.5 Å². The Balaban J connectivity index is 0.00000156. The SMILES string of the molecule is CCCCNc1nc(N)nc2c3ccccc3n(Cc3cc(C4=CCC(N)CC4)ccc3OC)c12.CO. The Bertz CT molecular complexity index is 1390. The number of anilines is 2. The van der Waals surface area contributed by atoms with Gasteiger partial charge in [0.1, 0.15) is 16.8 Å². The topological polar surface area (TPSA) is 124 Å². The number of fused-ring (bicyclic) bond motifs is 3. The zero-order chi connectivity index (χ0) is 26.4. The standard InChI is InChI=1S/C28H34N6O.CH4O/c1-3-4-15-31-27-26-25(32-28(30)33-27)22-7-5-6-8-23(22)34(26)17-20-16-19(11-14-24(20)35-2)18-9-12-21(29)13-10-18;1-2/h5-9,11,14,16,21H,3-4,10,12-13,15,17,29H2,1-2H3,(H3,30,31,32,33);2H,1H3. The highest BCUT2D eigenvalue weighted by Gasteiger charge is 2.20. The van der Waals surface area contributed by atoms with Gasteiger partial charge in [-0.25, -0.2) is 4.98 Å². The molecule has 8 heteroatoms. The summed E-state index contributed by atoms with van der Waals surface area (Å²) in [6.07, 6.45) is 7.39. The molecule has 6 N–H and O–H groups in total. The van der Waals surface area contributed by atoms with Crippen LogP contribution in [0.3, 0.4) is 0 Å². The molecule has 1 atom stereocenters. The van der Waals surface area contributed by atoms with Crippen LogP contribution >= 0.6 is 0 Å². The highest BCUT2D eigenvalue weighted by Crippen LogP contribution is 2.35. The number of nitrogens with two attached hydrogens (primary N) is 2. The predicted molar refractivity (Wildman–Crippen MR) is 153 cm³/mol. The van der Waals surface area contributed by atoms with Crippen molar-refractivity contribution >= 4 is 39.3 Å². The first-order valence-corrected chi connectivity index (χ1v) is 12.9. The normalized spacial score (nSPS) is 15.3. The number of hydrogen-bond donors (Lipinski definition) is 4. The third-order valence-electron chi connectivity index (χ3n) is 6.88. The molecule has 2 aromatic carbocycles. The molecule has 37 heavy (non-hydrogen) atoms. The second kappa shape index (κ2) is 12.1. The van der Waals surface area contributed by atoms with Gasteiger partial charge in [0.05, 0.1) is 19.2 Å². The average Bonchev–Trinajstić information content (AvgIpc) is 3.23. The van der Waals surface area contributed by atoms with Gasteiger partial charge in [-0.15, -0.1) is 0 Å². The number of para-hydroxylation sites is 1. The minimum absolute atomic E-state index is 0.264. The first kappa shape index (κ1) is 26.4. The zero-order valence-corrected chi connectivity index (χ0v) is 22.0. The molecule has 2 aromatic heterocycles. The van der Waals surface area contributed by atoms with E-state index in [0.717, 1.165) is 84.8 Å². The van der Waals surface area contributed by atoms with E-state index in [1.165, 1.54) is 11.1 Å². The van der Waals surface area contributed by atoms with Gasteiger partial charge in [0.2, 0.25) is 5.95 Å². The Labute approximate surface area is 218 Å². The van der Waals surface area contributed by atoms with Gasteiger partial charge >= 0.3 is 0 Å². The number of aromatic nitrogens is 3. The Morgan fingerprint density at radius 1 is 1.16 bits per heavy atom. The molecule has 0 aliphatic heterocycles. The molecule has 8 nitrogen and oxygen atoms in total. The lowest BCUT2D eigenvalue weighted by molar-refractivity contribution is 0.399. The lowest BCUT2D eigenvalue weighted by atomic mass is 9.90. The number of rotatable bonds is 8. The van der Waals surface area contributed by atoms with Gasteiger partial charge in [-0.2, -0.15) is 4.98 Å². The van der Waals surface area contributed by atoms with Crippen molar-refractivity contribution in [3.63, 3.8) is 0 Å². The fourth-order valence-corrected chi connectivity index (χ4v) is 5.01. The van der Waals surface area contributed by atoms with Gasteiger partial charge in [0.25, 0.3) is 0 Å². The number of methoxy groups -OCH3 is 1. The van der Waals surface area contributed by atoms with E-state index in [2.05, 4.69) is 69.2 Å². The van der Waals surface area contributed by atoms with Crippen molar-refractivity contribution in [2.45, 2.75) is 51.6 Å². The molecule has 0 amide bonds. The quantitative estimate of drug-likeness (QED) is 0.252. The number of unbranched alkanes of at least 4 members (excludes halogenated alkanes) is 1. The van der Waals surface area contributed by atoms with Gasteiger partial charge in [0, 0.05) is 30.6 Å². The third kappa shape index (κ3) is 5.55. The van der Waals surface area contributed by atoms with Crippen molar-refractivity contribution in [3.05, 3.63) is 59.7 Å². The number of nitrogen functional groups attached to an aromatic ring is 1. The van der Waals surface area contributed by atoms with Crippen LogP contribution in [0, 0.1) is 0 Å². The van der Waals surface area contributed by atoms with Crippen LogP contribution in [0.1, 0.15) is 50.2 Å². The molecule has 1 aliphatic rings. The fraction of sp³-hybridized carbons (Fsp3) is 0.379. The van der Waals surface area contributed by atoms with Crippen molar-refractivity contribution in [1.82, 2.24) is 14.5 Å². The summed E-state index contributed by atoms with van der Waals surface area (Å²) in [4.78, 5) is 9.24. The van der Waals surface area contributed by atoms with E-state index in [4.69, 9.17) is 21.3 Å². The van der Waals surface area contributed by atoms with Crippen LogP contribution in [-0.2, 0) is 6.54 Å². The largest absolute Gasteiger partial charge is 0.496 e. The first-order valence-electron chi connectivity index (χ1n) is 12.9. The lowest BCUT2D eigenvalue weighted by Crippen LogP contribution is -2.21. The minimum Gasteiger partial charge on any atom is -0.496 e. The van der Waals surface area contributed by atoms with Gasteiger partial charge in [-0.1, -0.05) is 43.7 Å². The third-order valence-corrected chi connectivity index (χ3v) is 6.88. The number of benzene rings is 2. The molecule has 0 saturated heterocycles. The Kier molecular flexibility index (Phi) is 8.63. The molecule has 0 saturated carbocycles. The molecular weight excluding hydrogens is 464 g/mol. The number of aliphatic hydroxyl groups is 1. The number of hydrogen-bond acceptors (Lipinski definition) is 7. The van der Waals surface area contributed by atoms with E-state index in [1.807, 2.05) is 6.07 Å². The highest BCUT2D eigenvalue weighted by atomic mass is 16.5. The maximum atomic E-state index is 7.00. The highest BCUT2D eigenvalue weighted by molar-refractivity contribution is 6.09. The van der Waals surface area contributed by atoms with E-state index in [9.17, 15) is 0 Å². The second-order valence-corrected chi connectivity index (χ2v) is 9.30. The number of nitrogens with zero attached hydrogens (tertiary/aromatic N) is 3. The molecule has 1 aliphatic carbocycles. The molecule has 0 fully saturated rings. The summed E-state index contributed by atoms with van der Waals surface area (Å²) in [6, 6.07) is 15.1. The van der Waals surface area contributed by atoms with Gasteiger partial charge in [-0.3, -0.25) is 0 Å². The first-order chi connectivity index (χ1) is 18.1. The molecule has 0 bridgehead atoms. The van der Waals surface area contributed by atoms with E-state index < -0.39 is 0 Å². The van der Waals surface area contributed by atoms with Crippen LogP contribution in [-0.4, -0.2) is 46.4 Å². The molecule has 0 spiro atoms. The van der Waals surface area contributed by atoms with Crippen LogP contribution in [0.2, 0.25) is 0 Å². The molecule has 5 rings (SSSR count). The van der Waals surface area contributed by atoms with Crippen LogP contribution in [0.15, 0.2) is 48.5 Å². The number of aliphatic hydroxyl groups excluding tert-OH is 1. The molecule has 1 unspecified atom stereocenters. The maximum absolute atomic E-state index is 7.00. The van der Waals surface area contributed by atoms with E-state index >= 15 is 0 Å². The summed E-state index contributed by atoms with van der Waals surface area (Å²) in [5, 5.41) is 11.6. The monoisotopic (exact) mass is 502 g/mol. The van der Waals surface area contributed by atoms with E-state index in [-0.39, 0.29) is 12.0 Å². The summed E-state index contributed by atoms with van der Waals surface area (Å²) in [6.45, 7) is 3.64. The van der Waals surface area contributed by atoms with Crippen LogP contribution < -0.4 is 21.5 Å². The number of allylic oxidation sites excluding steroid dienone is 1. The fourth-order valence-electron chi connectivity index (χ4n) is 5.01. The van der Waals surface area contributed by atoms with Crippen molar-refractivity contribution in [2.24, 2.45) is 5.73 Å². The lowest BCUT2D eigenvalue weighted by Gasteiger charge is -2.20. The molecular formula is C29H38N6O2. The summed E-state index contributed by atoms with van der Waals surface area (Å²) >= 11 is 0. The van der Waals surface area contributed by atoms with Gasteiger partial charge in [-0.05, 0) is 55.0 Å². The van der Waals surface area contributed by atoms with Crippen molar-refractivity contribution in [1.29, 1.82) is 0 Å². The molecule has 0 radical (unpaired) electrons. The second-order valence-electron chi connectivity index (χ2n) is 9.30. The van der Waals surface area contributed by atoms with Gasteiger partial charge < -0.3 is 31.2 Å². The van der Waals surface area contributed by atoms with Crippen molar-refractivity contribution in [3.8, 4) is 5.75 Å². The summed E-state index contributed by atoms with van der Waals surface area (Å²) < 4.78 is 8.07. The van der Waals surface area contributed by atoms with Crippen molar-refractivity contribution < 1.29 is 9.84 Å². The predicted octanol–water partition coefficient (Wildman–Crippen LogP) is 4.94. The zero-order valence-electron chi connectivity index (χ0n) is 22.0. The molecule has 2 heterocycles. The van der Waals surface area contributed by atoms with E-state index in [1.54, 1.807) is 7.11 Å².